The van der Waals surface area contributed by atoms with E-state index in [0.29, 0.717) is 17.7 Å². The molecule has 0 bridgehead atoms. The van der Waals surface area contributed by atoms with Crippen LogP contribution in [-0.2, 0) is 6.42 Å². The number of nitrogens with two attached hydrogens (primary N) is 1. The molecule has 1 unspecified atom stereocenters. The Kier molecular flexibility index (Phi) is 2.79. The van der Waals surface area contributed by atoms with Gasteiger partial charge in [-0.05, 0) is 29.3 Å². The van der Waals surface area contributed by atoms with Crippen LogP contribution in [0, 0.1) is 0 Å². The van der Waals surface area contributed by atoms with Crippen molar-refractivity contribution in [2.24, 2.45) is 0 Å². The van der Waals surface area contributed by atoms with Crippen LogP contribution in [0.4, 0.5) is 5.69 Å². The Morgan fingerprint density at radius 1 is 1.14 bits per heavy atom. The number of rotatable bonds is 1. The molecule has 0 fully saturated rings. The number of Topliss-reactive ketones (excluding diaryl/α,β-unsaturated/α-hetero) is 1. The summed E-state index contributed by atoms with van der Waals surface area (Å²) >= 11 is 1.55. The molecule has 0 amide bonds. The lowest BCUT2D eigenvalue weighted by molar-refractivity contribution is 0.0964. The number of benzene rings is 1. The highest BCUT2D eigenvalue weighted by Crippen LogP contribution is 2.38. The normalized spacial score (nSPS) is 17.9. The third-order valence-corrected chi connectivity index (χ3v) is 5.06. The molecule has 3 nitrogen and oxygen atoms in total. The molecule has 2 aromatic heterocycles. The average molecular weight is 294 g/mol. The molecule has 1 aliphatic carbocycles. The van der Waals surface area contributed by atoms with Crippen LogP contribution in [0.5, 0.6) is 0 Å². The minimum atomic E-state index is 0.116. The Morgan fingerprint density at radius 3 is 2.76 bits per heavy atom. The van der Waals surface area contributed by atoms with Crippen LogP contribution < -0.4 is 5.73 Å². The Hall–Kier alpha value is -2.20. The lowest BCUT2D eigenvalue weighted by Crippen LogP contribution is -2.21. The largest absolute Gasteiger partial charge is 0.397 e. The van der Waals surface area contributed by atoms with Crippen LogP contribution in [0.25, 0.3) is 10.2 Å². The minimum Gasteiger partial charge on any atom is -0.397 e. The monoisotopic (exact) mass is 294 g/mol. The van der Waals surface area contributed by atoms with Crippen molar-refractivity contribution < 1.29 is 4.79 Å². The first kappa shape index (κ1) is 12.5. The van der Waals surface area contributed by atoms with Crippen LogP contribution in [0.15, 0.2) is 41.8 Å². The van der Waals surface area contributed by atoms with Crippen molar-refractivity contribution in [3.05, 3.63) is 58.6 Å². The zero-order chi connectivity index (χ0) is 14.4. The quantitative estimate of drug-likeness (QED) is 0.743. The van der Waals surface area contributed by atoms with E-state index in [1.54, 1.807) is 11.3 Å². The zero-order valence-corrected chi connectivity index (χ0v) is 12.2. The molecule has 4 heteroatoms. The number of carbonyl (C=O) groups is 1. The third-order valence-electron chi connectivity index (χ3n) is 4.12. The van der Waals surface area contributed by atoms with Crippen LogP contribution in [0.1, 0.15) is 34.0 Å². The van der Waals surface area contributed by atoms with E-state index in [1.807, 2.05) is 29.6 Å². The third kappa shape index (κ3) is 1.94. The van der Waals surface area contributed by atoms with E-state index in [2.05, 4.69) is 17.1 Å². The van der Waals surface area contributed by atoms with E-state index < -0.39 is 0 Å². The Balaban J connectivity index is 1.85. The number of nitrogens with zero attached hydrogens (tertiary/aromatic N) is 1. The number of thiophene rings is 1. The number of ketones is 1. The second kappa shape index (κ2) is 4.67. The summed E-state index contributed by atoms with van der Waals surface area (Å²) in [5.74, 6) is 0.319. The molecule has 0 aliphatic heterocycles. The molecule has 21 heavy (non-hydrogen) atoms. The highest BCUT2D eigenvalue weighted by atomic mass is 32.1. The lowest BCUT2D eigenvalue weighted by atomic mass is 9.81. The fourth-order valence-electron chi connectivity index (χ4n) is 3.11. The zero-order valence-electron chi connectivity index (χ0n) is 11.4. The second-order valence-electron chi connectivity index (χ2n) is 5.42. The summed E-state index contributed by atoms with van der Waals surface area (Å²) in [5.41, 5.74) is 10.4. The van der Waals surface area contributed by atoms with Gasteiger partial charge in [-0.15, -0.1) is 11.3 Å². The fourth-order valence-corrected chi connectivity index (χ4v) is 3.91. The highest BCUT2D eigenvalue weighted by Gasteiger charge is 2.30. The molecule has 2 N–H and O–H groups in total. The average Bonchev–Trinajstić information content (AvgIpc) is 2.96. The summed E-state index contributed by atoms with van der Waals surface area (Å²) < 4.78 is 0.931. The molecule has 1 aliphatic rings. The van der Waals surface area contributed by atoms with Gasteiger partial charge in [0.1, 0.15) is 0 Å². The second-order valence-corrected chi connectivity index (χ2v) is 6.34. The number of hydrogen-bond acceptors (Lipinski definition) is 4. The predicted octanol–water partition coefficient (Wildman–Crippen LogP) is 3.79. The maximum Gasteiger partial charge on any atom is 0.167 e. The van der Waals surface area contributed by atoms with Gasteiger partial charge in [-0.2, -0.15) is 0 Å². The van der Waals surface area contributed by atoms with Gasteiger partial charge in [0.2, 0.25) is 0 Å². The van der Waals surface area contributed by atoms with Gasteiger partial charge in [0.25, 0.3) is 0 Å². The molecule has 0 saturated carbocycles. The maximum atomic E-state index is 12.5. The summed E-state index contributed by atoms with van der Waals surface area (Å²) in [6.07, 6.45) is 1.29. The minimum absolute atomic E-state index is 0.116. The Bertz CT molecular complexity index is 839. The molecule has 3 aromatic rings. The summed E-state index contributed by atoms with van der Waals surface area (Å²) in [6, 6.07) is 12.1. The highest BCUT2D eigenvalue weighted by molar-refractivity contribution is 7.17. The first-order chi connectivity index (χ1) is 10.2. The van der Waals surface area contributed by atoms with E-state index in [9.17, 15) is 4.79 Å². The fraction of sp³-hybridized carbons (Fsp3) is 0.176. The first-order valence-electron chi connectivity index (χ1n) is 6.97. The molecule has 1 atom stereocenters. The molecule has 1 aromatic carbocycles. The van der Waals surface area contributed by atoms with E-state index in [1.165, 1.54) is 5.56 Å². The van der Waals surface area contributed by atoms with E-state index in [-0.39, 0.29) is 11.7 Å². The number of anilines is 1. The molecule has 4 rings (SSSR count). The van der Waals surface area contributed by atoms with Crippen LogP contribution in [0.3, 0.4) is 0 Å². The van der Waals surface area contributed by atoms with E-state index >= 15 is 0 Å². The van der Waals surface area contributed by atoms with Crippen LogP contribution in [0.2, 0.25) is 0 Å². The number of aromatic nitrogens is 1. The number of carbonyl (C=O) groups excluding carboxylic acids is 1. The maximum absolute atomic E-state index is 12.5. The molecule has 104 valence electrons. The smallest absolute Gasteiger partial charge is 0.167 e. The number of fused-ring (bicyclic) bond motifs is 2. The van der Waals surface area contributed by atoms with Gasteiger partial charge in [-0.25, -0.2) is 0 Å². The summed E-state index contributed by atoms with van der Waals surface area (Å²) in [5, 5.41) is 1.97. The van der Waals surface area contributed by atoms with Gasteiger partial charge in [-0.3, -0.25) is 9.78 Å². The molecule has 0 radical (unpaired) electrons. The predicted molar refractivity (Wildman–Crippen MR) is 85.9 cm³/mol. The number of nitrogen functional groups attached to an aromatic ring is 1. The van der Waals surface area contributed by atoms with Crippen LogP contribution >= 0.6 is 11.3 Å². The SMILES string of the molecule is Nc1c2c(nc3ccsc13)CC(c1ccccc1)CC2=O. The number of pyridine rings is 1. The van der Waals surface area contributed by atoms with Gasteiger partial charge in [0.15, 0.2) is 5.78 Å². The summed E-state index contributed by atoms with van der Waals surface area (Å²) in [7, 11) is 0. The molecule has 2 heterocycles. The van der Waals surface area contributed by atoms with Crippen molar-refractivity contribution in [2.45, 2.75) is 18.8 Å². The van der Waals surface area contributed by atoms with E-state index in [4.69, 9.17) is 5.73 Å². The molecule has 0 spiro atoms. The van der Waals surface area contributed by atoms with Gasteiger partial charge in [0.05, 0.1) is 27.2 Å². The first-order valence-corrected chi connectivity index (χ1v) is 7.85. The van der Waals surface area contributed by atoms with E-state index in [0.717, 1.165) is 22.3 Å². The Morgan fingerprint density at radius 2 is 1.95 bits per heavy atom. The van der Waals surface area contributed by atoms with Crippen molar-refractivity contribution >= 4 is 33.0 Å². The molecular weight excluding hydrogens is 280 g/mol. The van der Waals surface area contributed by atoms with Crippen molar-refractivity contribution in [2.75, 3.05) is 5.73 Å². The summed E-state index contributed by atoms with van der Waals surface area (Å²) in [4.78, 5) is 17.2. The van der Waals surface area contributed by atoms with Gasteiger partial charge >= 0.3 is 0 Å². The summed E-state index contributed by atoms with van der Waals surface area (Å²) in [6.45, 7) is 0. The van der Waals surface area contributed by atoms with Gasteiger partial charge in [-0.1, -0.05) is 30.3 Å². The standard InChI is InChI=1S/C17H14N2OS/c18-16-15-13(19-12-6-7-21-17(12)16)8-11(9-14(15)20)10-4-2-1-3-5-10/h1-7,11H,8-9H2,(H2,18,19). The topological polar surface area (TPSA) is 56.0 Å². The molecule has 0 saturated heterocycles. The van der Waals surface area contributed by atoms with Crippen molar-refractivity contribution in [1.29, 1.82) is 0 Å². The van der Waals surface area contributed by atoms with Gasteiger partial charge < -0.3 is 5.73 Å². The van der Waals surface area contributed by atoms with Crippen molar-refractivity contribution in [3.63, 3.8) is 0 Å². The Labute approximate surface area is 126 Å². The lowest BCUT2D eigenvalue weighted by Gasteiger charge is -2.24. The van der Waals surface area contributed by atoms with Crippen molar-refractivity contribution in [1.82, 2.24) is 4.98 Å². The molecular formula is C17H14N2OS. The van der Waals surface area contributed by atoms with Gasteiger partial charge in [0, 0.05) is 6.42 Å². The van der Waals surface area contributed by atoms with Crippen LogP contribution in [-0.4, -0.2) is 10.8 Å². The van der Waals surface area contributed by atoms with Crippen molar-refractivity contribution in [3.8, 4) is 0 Å². The number of hydrogen-bond donors (Lipinski definition) is 1.